The lowest BCUT2D eigenvalue weighted by Crippen LogP contribution is -2.43. The Hall–Kier alpha value is -1.61. The SMILES string of the molecule is C=C1CC2(O)c3c(ccc(OCC(F)F)c31)S(=O)(=O)C2(F)F. The third-order valence-corrected chi connectivity index (χ3v) is 5.77. The Morgan fingerprint density at radius 1 is 1.36 bits per heavy atom. The van der Waals surface area contributed by atoms with Gasteiger partial charge in [-0.15, -0.1) is 0 Å². The molecule has 0 bridgehead atoms. The van der Waals surface area contributed by atoms with Gasteiger partial charge < -0.3 is 9.84 Å². The Morgan fingerprint density at radius 2 is 2.00 bits per heavy atom. The van der Waals surface area contributed by atoms with E-state index in [1.807, 2.05) is 0 Å². The van der Waals surface area contributed by atoms with Crippen LogP contribution in [-0.4, -0.2) is 31.8 Å². The van der Waals surface area contributed by atoms with Gasteiger partial charge in [-0.25, -0.2) is 17.2 Å². The van der Waals surface area contributed by atoms with E-state index in [0.717, 1.165) is 12.1 Å². The quantitative estimate of drug-likeness (QED) is 0.859. The molecule has 0 radical (unpaired) electrons. The number of aliphatic hydroxyl groups is 1. The van der Waals surface area contributed by atoms with Gasteiger partial charge in [-0.1, -0.05) is 6.58 Å². The molecular formula is C13H10F4O4S. The second-order valence-electron chi connectivity index (χ2n) is 5.17. The molecule has 22 heavy (non-hydrogen) atoms. The van der Waals surface area contributed by atoms with E-state index in [1.54, 1.807) is 0 Å². The highest BCUT2D eigenvalue weighted by molar-refractivity contribution is 7.93. The number of benzene rings is 1. The van der Waals surface area contributed by atoms with Crippen LogP contribution in [0.4, 0.5) is 17.6 Å². The zero-order valence-corrected chi connectivity index (χ0v) is 11.8. The number of hydrogen-bond donors (Lipinski definition) is 1. The number of rotatable bonds is 3. The topological polar surface area (TPSA) is 63.6 Å². The molecule has 1 aliphatic carbocycles. The Bertz CT molecular complexity index is 787. The molecule has 1 atom stereocenters. The molecule has 0 saturated heterocycles. The van der Waals surface area contributed by atoms with Gasteiger partial charge in [0.25, 0.3) is 6.43 Å². The summed E-state index contributed by atoms with van der Waals surface area (Å²) in [5.74, 6) is -0.201. The van der Waals surface area contributed by atoms with E-state index in [-0.39, 0.29) is 16.9 Å². The van der Waals surface area contributed by atoms with E-state index in [2.05, 4.69) is 6.58 Å². The van der Waals surface area contributed by atoms with Crippen LogP contribution in [0.25, 0.3) is 5.57 Å². The number of halogens is 4. The summed E-state index contributed by atoms with van der Waals surface area (Å²) in [6.45, 7) is 2.53. The van der Waals surface area contributed by atoms with Crippen LogP contribution >= 0.6 is 0 Å². The van der Waals surface area contributed by atoms with Crippen molar-refractivity contribution in [3.63, 3.8) is 0 Å². The van der Waals surface area contributed by atoms with Crippen molar-refractivity contribution in [2.24, 2.45) is 0 Å². The van der Waals surface area contributed by atoms with Crippen LogP contribution in [0.3, 0.4) is 0 Å². The zero-order chi connectivity index (χ0) is 16.5. The lowest BCUT2D eigenvalue weighted by Gasteiger charge is -2.24. The average Bonchev–Trinajstić information content (AvgIpc) is 2.74. The molecule has 1 unspecified atom stereocenters. The van der Waals surface area contributed by atoms with Gasteiger partial charge in [0.05, 0.1) is 4.90 Å². The van der Waals surface area contributed by atoms with E-state index in [1.165, 1.54) is 0 Å². The van der Waals surface area contributed by atoms with Crippen molar-refractivity contribution < 1.29 is 35.8 Å². The molecule has 1 aromatic rings. The standard InChI is InChI=1S/C13H10F4O4S/c1-6-4-12(18)11-8(22(19,20)13(12,16)17)3-2-7(10(6)11)21-5-9(14)15/h2-3,9,18H,1,4-5H2. The van der Waals surface area contributed by atoms with Gasteiger partial charge in [-0.05, 0) is 17.7 Å². The van der Waals surface area contributed by atoms with E-state index in [0.29, 0.717) is 0 Å². The molecule has 120 valence electrons. The fourth-order valence-electron chi connectivity index (χ4n) is 2.92. The summed E-state index contributed by atoms with van der Waals surface area (Å²) in [5, 5.41) is 5.83. The summed E-state index contributed by atoms with van der Waals surface area (Å²) < 4.78 is 81.5. The summed E-state index contributed by atoms with van der Waals surface area (Å²) in [6, 6.07) is 1.85. The summed E-state index contributed by atoms with van der Waals surface area (Å²) in [7, 11) is -5.06. The first kappa shape index (κ1) is 15.3. The molecule has 0 fully saturated rings. The molecule has 0 spiro atoms. The molecule has 0 saturated carbocycles. The minimum atomic E-state index is -5.06. The second-order valence-corrected chi connectivity index (χ2v) is 7.13. The first-order valence-electron chi connectivity index (χ1n) is 6.15. The zero-order valence-electron chi connectivity index (χ0n) is 10.9. The Morgan fingerprint density at radius 3 is 2.59 bits per heavy atom. The van der Waals surface area contributed by atoms with E-state index in [4.69, 9.17) is 4.74 Å². The van der Waals surface area contributed by atoms with Crippen molar-refractivity contribution in [1.29, 1.82) is 0 Å². The lowest BCUT2D eigenvalue weighted by molar-refractivity contribution is -0.120. The third kappa shape index (κ3) is 1.58. The highest BCUT2D eigenvalue weighted by atomic mass is 32.2. The molecule has 0 amide bonds. The van der Waals surface area contributed by atoms with Gasteiger partial charge in [-0.2, -0.15) is 8.78 Å². The van der Waals surface area contributed by atoms with Crippen LogP contribution in [0.5, 0.6) is 5.75 Å². The highest BCUT2D eigenvalue weighted by Crippen LogP contribution is 2.63. The number of ether oxygens (including phenoxy) is 1. The van der Waals surface area contributed by atoms with Crippen LogP contribution in [-0.2, 0) is 15.4 Å². The van der Waals surface area contributed by atoms with Crippen molar-refractivity contribution in [1.82, 2.24) is 0 Å². The minimum absolute atomic E-state index is 0.0122. The predicted molar refractivity (Wildman–Crippen MR) is 67.6 cm³/mol. The Labute approximate surface area is 122 Å². The molecular weight excluding hydrogens is 328 g/mol. The summed E-state index contributed by atoms with van der Waals surface area (Å²) >= 11 is 0. The van der Waals surface area contributed by atoms with Gasteiger partial charge in [0.2, 0.25) is 9.84 Å². The van der Waals surface area contributed by atoms with Crippen LogP contribution in [0.2, 0.25) is 0 Å². The summed E-state index contributed by atoms with van der Waals surface area (Å²) in [5.41, 5.74) is -3.59. The first-order valence-corrected chi connectivity index (χ1v) is 7.64. The van der Waals surface area contributed by atoms with Crippen LogP contribution in [0, 0.1) is 0 Å². The smallest absolute Gasteiger partial charge is 0.382 e. The maximum absolute atomic E-state index is 14.2. The normalized spacial score (nSPS) is 27.3. The van der Waals surface area contributed by atoms with E-state index in [9.17, 15) is 31.1 Å². The molecule has 1 aromatic carbocycles. The maximum Gasteiger partial charge on any atom is 0.382 e. The van der Waals surface area contributed by atoms with Gasteiger partial charge in [0.15, 0.2) is 5.60 Å². The fraction of sp³-hybridized carbons (Fsp3) is 0.385. The number of sulfone groups is 1. The van der Waals surface area contributed by atoms with Crippen molar-refractivity contribution in [2.75, 3.05) is 6.61 Å². The second kappa shape index (κ2) is 4.23. The molecule has 1 N–H and O–H groups in total. The Balaban J connectivity index is 2.26. The molecule has 4 nitrogen and oxygen atoms in total. The maximum atomic E-state index is 14.2. The van der Waals surface area contributed by atoms with Crippen LogP contribution in [0.1, 0.15) is 17.5 Å². The van der Waals surface area contributed by atoms with Crippen molar-refractivity contribution >= 4 is 15.4 Å². The van der Waals surface area contributed by atoms with Crippen LogP contribution < -0.4 is 4.74 Å². The number of alkyl halides is 4. The summed E-state index contributed by atoms with van der Waals surface area (Å²) in [6.07, 6.45) is -3.50. The van der Waals surface area contributed by atoms with Crippen LogP contribution in [0.15, 0.2) is 23.6 Å². The van der Waals surface area contributed by atoms with E-state index < -0.39 is 50.6 Å². The average molecular weight is 338 g/mol. The Kier molecular flexibility index (Phi) is 2.94. The number of hydrogen-bond acceptors (Lipinski definition) is 4. The van der Waals surface area contributed by atoms with Gasteiger partial charge in [0, 0.05) is 17.5 Å². The first-order chi connectivity index (χ1) is 10.0. The lowest BCUT2D eigenvalue weighted by atomic mass is 9.96. The molecule has 2 aliphatic rings. The van der Waals surface area contributed by atoms with Crippen molar-refractivity contribution in [3.05, 3.63) is 29.8 Å². The highest BCUT2D eigenvalue weighted by Gasteiger charge is 2.73. The van der Waals surface area contributed by atoms with Gasteiger partial charge in [0.1, 0.15) is 12.4 Å². The van der Waals surface area contributed by atoms with Gasteiger partial charge in [-0.3, -0.25) is 0 Å². The van der Waals surface area contributed by atoms with Gasteiger partial charge >= 0.3 is 5.25 Å². The minimum Gasteiger partial charge on any atom is -0.487 e. The predicted octanol–water partition coefficient (Wildman–Crippen LogP) is 2.32. The summed E-state index contributed by atoms with van der Waals surface area (Å²) in [4.78, 5) is -0.724. The monoisotopic (exact) mass is 338 g/mol. The largest absolute Gasteiger partial charge is 0.487 e. The third-order valence-electron chi connectivity index (χ3n) is 3.84. The molecule has 9 heteroatoms. The molecule has 0 aromatic heterocycles. The molecule has 1 aliphatic heterocycles. The fourth-order valence-corrected chi connectivity index (χ4v) is 4.60. The van der Waals surface area contributed by atoms with Crippen molar-refractivity contribution in [3.8, 4) is 5.75 Å². The van der Waals surface area contributed by atoms with Crippen molar-refractivity contribution in [2.45, 2.75) is 28.6 Å². The molecule has 1 heterocycles. The van der Waals surface area contributed by atoms with E-state index >= 15 is 0 Å². The molecule has 3 rings (SSSR count).